The van der Waals surface area contributed by atoms with E-state index >= 15 is 0 Å². The molecule has 2 rings (SSSR count). The fraction of sp³-hybridized carbons (Fsp3) is 0.286. The molecule has 2 N–H and O–H groups in total. The van der Waals surface area contributed by atoms with Gasteiger partial charge in [-0.15, -0.1) is 0 Å². The lowest BCUT2D eigenvalue weighted by Gasteiger charge is -2.16. The number of hydrogen-bond acceptors (Lipinski definition) is 4. The fourth-order valence-corrected chi connectivity index (χ4v) is 2.03. The van der Waals surface area contributed by atoms with Gasteiger partial charge >= 0.3 is 0 Å². The maximum atomic E-state index is 6.21. The first-order valence-corrected chi connectivity index (χ1v) is 6.31. The highest BCUT2D eigenvalue weighted by molar-refractivity contribution is 6.29. The van der Waals surface area contributed by atoms with Crippen LogP contribution in [0.25, 0.3) is 0 Å². The van der Waals surface area contributed by atoms with Crippen LogP contribution in [0.2, 0.25) is 5.22 Å². The van der Waals surface area contributed by atoms with Crippen molar-refractivity contribution in [3.05, 3.63) is 52.9 Å². The molecule has 19 heavy (non-hydrogen) atoms. The molecule has 1 unspecified atom stereocenters. The summed E-state index contributed by atoms with van der Waals surface area (Å²) in [7, 11) is 1.63. The molecule has 0 amide bonds. The second-order valence-corrected chi connectivity index (χ2v) is 4.35. The number of methoxy groups -OCH3 is 1. The molecule has 4 nitrogen and oxygen atoms in total. The number of hydrogen-bond donors (Lipinski definition) is 1. The molecule has 0 saturated heterocycles. The van der Waals surface area contributed by atoms with Crippen molar-refractivity contribution in [1.82, 2.24) is 0 Å². The first-order valence-electron chi connectivity index (χ1n) is 5.93. The van der Waals surface area contributed by atoms with Crippen LogP contribution in [-0.4, -0.2) is 20.3 Å². The Morgan fingerprint density at radius 1 is 1.21 bits per heavy atom. The molecule has 1 atom stereocenters. The van der Waals surface area contributed by atoms with Crippen molar-refractivity contribution in [1.29, 1.82) is 0 Å². The largest absolute Gasteiger partial charge is 0.491 e. The summed E-state index contributed by atoms with van der Waals surface area (Å²) in [6.45, 7) is 0.995. The number of furan rings is 1. The molecule has 2 aromatic rings. The molecular weight excluding hydrogens is 266 g/mol. The Labute approximate surface area is 117 Å². The van der Waals surface area contributed by atoms with Crippen LogP contribution < -0.4 is 10.5 Å². The van der Waals surface area contributed by atoms with Gasteiger partial charge in [-0.25, -0.2) is 0 Å². The van der Waals surface area contributed by atoms with Crippen LogP contribution in [0.4, 0.5) is 0 Å². The smallest absolute Gasteiger partial charge is 0.198 e. The van der Waals surface area contributed by atoms with E-state index in [1.54, 1.807) is 13.2 Å². The molecule has 1 heterocycles. The lowest BCUT2D eigenvalue weighted by atomic mass is 10.0. The predicted molar refractivity (Wildman–Crippen MR) is 73.6 cm³/mol. The zero-order valence-corrected chi connectivity index (χ0v) is 11.4. The standard InChI is InChI=1S/C14H16ClNO3/c1-17-8-9-18-12-5-3-2-4-10(12)13(16)11-6-7-19-14(11)15/h2-7,13H,8-9,16H2,1H3. The topological polar surface area (TPSA) is 57.6 Å². The lowest BCUT2D eigenvalue weighted by molar-refractivity contribution is 0.145. The van der Waals surface area contributed by atoms with Gasteiger partial charge in [0, 0.05) is 18.2 Å². The Kier molecular flexibility index (Phi) is 4.85. The molecule has 0 saturated carbocycles. The zero-order valence-electron chi connectivity index (χ0n) is 10.6. The summed E-state index contributed by atoms with van der Waals surface area (Å²) in [4.78, 5) is 0. The van der Waals surface area contributed by atoms with E-state index in [0.29, 0.717) is 18.4 Å². The number of ether oxygens (including phenoxy) is 2. The lowest BCUT2D eigenvalue weighted by Crippen LogP contribution is -2.14. The van der Waals surface area contributed by atoms with Gasteiger partial charge < -0.3 is 19.6 Å². The van der Waals surface area contributed by atoms with E-state index in [4.69, 9.17) is 31.2 Å². The van der Waals surface area contributed by atoms with E-state index in [0.717, 1.165) is 16.9 Å². The number of rotatable bonds is 6. The first-order chi connectivity index (χ1) is 9.24. The number of halogens is 1. The Hall–Kier alpha value is -1.49. The monoisotopic (exact) mass is 281 g/mol. The van der Waals surface area contributed by atoms with E-state index in [1.807, 2.05) is 24.3 Å². The molecule has 0 aliphatic carbocycles. The Morgan fingerprint density at radius 2 is 2.00 bits per heavy atom. The average molecular weight is 282 g/mol. The second-order valence-electron chi connectivity index (χ2n) is 4.01. The highest BCUT2D eigenvalue weighted by atomic mass is 35.5. The quantitative estimate of drug-likeness (QED) is 0.827. The SMILES string of the molecule is COCCOc1ccccc1C(N)c1ccoc1Cl. The molecule has 0 bridgehead atoms. The molecule has 0 radical (unpaired) electrons. The van der Waals surface area contributed by atoms with Crippen molar-refractivity contribution in [2.75, 3.05) is 20.3 Å². The second kappa shape index (κ2) is 6.61. The summed E-state index contributed by atoms with van der Waals surface area (Å²) in [6, 6.07) is 8.97. The van der Waals surface area contributed by atoms with Gasteiger partial charge in [-0.05, 0) is 23.7 Å². The number of benzene rings is 1. The maximum absolute atomic E-state index is 6.21. The highest BCUT2D eigenvalue weighted by Crippen LogP contribution is 2.32. The minimum absolute atomic E-state index is 0.305. The molecule has 1 aromatic carbocycles. The van der Waals surface area contributed by atoms with Gasteiger partial charge in [-0.2, -0.15) is 0 Å². The first kappa shape index (κ1) is 13.9. The van der Waals surface area contributed by atoms with Crippen LogP contribution in [0.5, 0.6) is 5.75 Å². The summed E-state index contributed by atoms with van der Waals surface area (Å²) in [5, 5.41) is 0.305. The van der Waals surface area contributed by atoms with Gasteiger partial charge in [0.25, 0.3) is 0 Å². The molecule has 1 aromatic heterocycles. The third-order valence-corrected chi connectivity index (χ3v) is 3.09. The van der Waals surface area contributed by atoms with Crippen molar-refractivity contribution >= 4 is 11.6 Å². The summed E-state index contributed by atoms with van der Waals surface area (Å²) >= 11 is 5.96. The molecule has 0 fully saturated rings. The molecule has 102 valence electrons. The summed E-state index contributed by atoms with van der Waals surface area (Å²) in [5.41, 5.74) is 7.81. The third-order valence-electron chi connectivity index (χ3n) is 2.78. The van der Waals surface area contributed by atoms with Crippen LogP contribution in [0.3, 0.4) is 0 Å². The maximum Gasteiger partial charge on any atom is 0.198 e. The molecule has 5 heteroatoms. The number of nitrogens with two attached hydrogens (primary N) is 1. The minimum atomic E-state index is -0.384. The van der Waals surface area contributed by atoms with Crippen molar-refractivity contribution in [2.24, 2.45) is 5.73 Å². The van der Waals surface area contributed by atoms with Crippen LogP contribution in [0.15, 0.2) is 41.0 Å². The highest BCUT2D eigenvalue weighted by Gasteiger charge is 2.18. The van der Waals surface area contributed by atoms with Gasteiger partial charge in [0.05, 0.1) is 18.9 Å². The Balaban J connectivity index is 2.21. The minimum Gasteiger partial charge on any atom is -0.491 e. The van der Waals surface area contributed by atoms with Gasteiger partial charge in [0.15, 0.2) is 5.22 Å². The van der Waals surface area contributed by atoms with Crippen LogP contribution in [0, 0.1) is 0 Å². The van der Waals surface area contributed by atoms with Crippen LogP contribution in [-0.2, 0) is 4.74 Å². The van der Waals surface area contributed by atoms with Gasteiger partial charge in [-0.1, -0.05) is 18.2 Å². The number of para-hydroxylation sites is 1. The van der Waals surface area contributed by atoms with E-state index < -0.39 is 0 Å². The van der Waals surface area contributed by atoms with Crippen LogP contribution in [0.1, 0.15) is 17.2 Å². The average Bonchev–Trinajstić information content (AvgIpc) is 2.85. The van der Waals surface area contributed by atoms with Gasteiger partial charge in [0.2, 0.25) is 0 Å². The summed E-state index contributed by atoms with van der Waals surface area (Å²) in [5.74, 6) is 0.726. The molecule has 0 spiro atoms. The fourth-order valence-electron chi connectivity index (χ4n) is 1.80. The predicted octanol–water partition coefficient (Wildman–Crippen LogP) is 3.01. The molecular formula is C14H16ClNO3. The normalized spacial score (nSPS) is 12.4. The summed E-state index contributed by atoms with van der Waals surface area (Å²) in [6.07, 6.45) is 1.52. The zero-order chi connectivity index (χ0) is 13.7. The third kappa shape index (κ3) is 3.29. The van der Waals surface area contributed by atoms with Crippen molar-refractivity contribution in [3.63, 3.8) is 0 Å². The summed E-state index contributed by atoms with van der Waals surface area (Å²) < 4.78 is 15.7. The van der Waals surface area contributed by atoms with E-state index in [9.17, 15) is 0 Å². The Bertz CT molecular complexity index is 527. The molecule has 0 aliphatic rings. The van der Waals surface area contributed by atoms with Gasteiger partial charge in [-0.3, -0.25) is 0 Å². The Morgan fingerprint density at radius 3 is 2.68 bits per heavy atom. The van der Waals surface area contributed by atoms with E-state index in [2.05, 4.69) is 0 Å². The molecule has 0 aliphatic heterocycles. The van der Waals surface area contributed by atoms with Crippen LogP contribution >= 0.6 is 11.6 Å². The van der Waals surface area contributed by atoms with Crippen molar-refractivity contribution < 1.29 is 13.9 Å². The van der Waals surface area contributed by atoms with Gasteiger partial charge in [0.1, 0.15) is 12.4 Å². The van der Waals surface area contributed by atoms with Crippen molar-refractivity contribution in [2.45, 2.75) is 6.04 Å². The van der Waals surface area contributed by atoms with E-state index in [1.165, 1.54) is 6.26 Å². The van der Waals surface area contributed by atoms with E-state index in [-0.39, 0.29) is 6.04 Å². The van der Waals surface area contributed by atoms with Crippen molar-refractivity contribution in [3.8, 4) is 5.75 Å².